The van der Waals surface area contributed by atoms with E-state index in [1.165, 1.54) is 0 Å². The quantitative estimate of drug-likeness (QED) is 0.563. The SMILES string of the molecule is O=S(=O)(F)C/C=C/Cl. The smallest absolute Gasteiger partial charge is 0.195 e. The Bertz CT molecular complexity index is 172. The van der Waals surface area contributed by atoms with Crippen LogP contribution in [0.2, 0.25) is 0 Å². The van der Waals surface area contributed by atoms with Gasteiger partial charge in [-0.2, -0.15) is 8.42 Å². The topological polar surface area (TPSA) is 34.1 Å². The summed E-state index contributed by atoms with van der Waals surface area (Å²) < 4.78 is 30.7. The Morgan fingerprint density at radius 1 is 1.62 bits per heavy atom. The number of hydrogen-bond donors (Lipinski definition) is 0. The Morgan fingerprint density at radius 2 is 2.12 bits per heavy atom. The zero-order chi connectivity index (χ0) is 6.62. The van der Waals surface area contributed by atoms with E-state index in [1.807, 2.05) is 0 Å². The first kappa shape index (κ1) is 7.91. The molecule has 0 N–H and O–H groups in total. The molecule has 0 amide bonds. The molecule has 0 saturated carbocycles. The van der Waals surface area contributed by atoms with Crippen molar-refractivity contribution in [2.24, 2.45) is 0 Å². The predicted octanol–water partition coefficient (Wildman–Crippen LogP) is 1.04. The first-order valence-corrected chi connectivity index (χ1v) is 3.73. The maximum atomic E-state index is 11.4. The van der Waals surface area contributed by atoms with Crippen molar-refractivity contribution in [2.75, 3.05) is 5.75 Å². The van der Waals surface area contributed by atoms with Gasteiger partial charge in [-0.15, -0.1) is 3.89 Å². The van der Waals surface area contributed by atoms with E-state index in [4.69, 9.17) is 11.6 Å². The molecule has 5 heteroatoms. The Hall–Kier alpha value is -0.0900. The van der Waals surface area contributed by atoms with Crippen LogP contribution in [0.3, 0.4) is 0 Å². The standard InChI is InChI=1S/C3H4ClFO2S/c4-2-1-3-8(5,6)7/h1-2H,3H2/b2-1+. The lowest BCUT2D eigenvalue weighted by atomic mass is 10.8. The Balaban J connectivity index is 3.76. The summed E-state index contributed by atoms with van der Waals surface area (Å²) in [6, 6.07) is 0. The maximum Gasteiger partial charge on any atom is 0.306 e. The van der Waals surface area contributed by atoms with Gasteiger partial charge in [0.15, 0.2) is 0 Å². The summed E-state index contributed by atoms with van der Waals surface area (Å²) in [6.07, 6.45) is 1.01. The molecular weight excluding hydrogens is 155 g/mol. The van der Waals surface area contributed by atoms with Crippen LogP contribution in [0, 0.1) is 0 Å². The zero-order valence-electron chi connectivity index (χ0n) is 3.84. The van der Waals surface area contributed by atoms with E-state index in [0.717, 1.165) is 11.6 Å². The number of rotatable bonds is 2. The second-order valence-electron chi connectivity index (χ2n) is 1.07. The fourth-order valence-corrected chi connectivity index (χ4v) is 0.672. The molecule has 0 fully saturated rings. The molecule has 0 heterocycles. The van der Waals surface area contributed by atoms with Gasteiger partial charge < -0.3 is 0 Å². The lowest BCUT2D eigenvalue weighted by molar-refractivity contribution is 0.555. The van der Waals surface area contributed by atoms with Crippen molar-refractivity contribution in [3.63, 3.8) is 0 Å². The van der Waals surface area contributed by atoms with Gasteiger partial charge in [0.25, 0.3) is 0 Å². The van der Waals surface area contributed by atoms with Gasteiger partial charge in [-0.1, -0.05) is 17.7 Å². The van der Waals surface area contributed by atoms with Gasteiger partial charge in [-0.25, -0.2) is 0 Å². The lowest BCUT2D eigenvalue weighted by Crippen LogP contribution is -1.92. The number of halogens is 2. The summed E-state index contributed by atoms with van der Waals surface area (Å²) in [4.78, 5) is 0. The minimum atomic E-state index is -4.36. The number of hydrogen-bond acceptors (Lipinski definition) is 2. The largest absolute Gasteiger partial charge is 0.306 e. The lowest BCUT2D eigenvalue weighted by Gasteiger charge is -1.79. The predicted molar refractivity (Wildman–Crippen MR) is 29.9 cm³/mol. The van der Waals surface area contributed by atoms with Crippen LogP contribution in [0.15, 0.2) is 11.6 Å². The van der Waals surface area contributed by atoms with Crippen molar-refractivity contribution < 1.29 is 12.3 Å². The van der Waals surface area contributed by atoms with Crippen LogP contribution < -0.4 is 0 Å². The molecule has 0 aromatic carbocycles. The normalized spacial score (nSPS) is 12.8. The molecule has 0 saturated heterocycles. The van der Waals surface area contributed by atoms with E-state index in [2.05, 4.69) is 0 Å². The fourth-order valence-electron chi connectivity index (χ4n) is 0.151. The Kier molecular flexibility index (Phi) is 3.01. The van der Waals surface area contributed by atoms with Crippen molar-refractivity contribution in [3.05, 3.63) is 11.6 Å². The second kappa shape index (κ2) is 3.04. The van der Waals surface area contributed by atoms with Crippen molar-refractivity contribution >= 4 is 21.8 Å². The highest BCUT2D eigenvalue weighted by Crippen LogP contribution is 1.91. The second-order valence-corrected chi connectivity index (χ2v) is 2.73. The van der Waals surface area contributed by atoms with Crippen LogP contribution in [-0.4, -0.2) is 14.2 Å². The van der Waals surface area contributed by atoms with Gasteiger partial charge in [0, 0.05) is 5.54 Å². The molecule has 48 valence electrons. The van der Waals surface area contributed by atoms with Crippen LogP contribution in [0.4, 0.5) is 3.89 Å². The van der Waals surface area contributed by atoms with E-state index >= 15 is 0 Å². The highest BCUT2D eigenvalue weighted by atomic mass is 35.5. The monoisotopic (exact) mass is 158 g/mol. The summed E-state index contributed by atoms with van der Waals surface area (Å²) >= 11 is 4.90. The first-order chi connectivity index (χ1) is 3.56. The van der Waals surface area contributed by atoms with Gasteiger partial charge >= 0.3 is 10.2 Å². The minimum absolute atomic E-state index is 0.642. The van der Waals surface area contributed by atoms with Crippen LogP contribution in [0.25, 0.3) is 0 Å². The summed E-state index contributed by atoms with van der Waals surface area (Å²) in [5.74, 6) is -0.642. The summed E-state index contributed by atoms with van der Waals surface area (Å²) in [6.45, 7) is 0. The average Bonchev–Trinajstić information content (AvgIpc) is 1.59. The molecule has 0 rings (SSSR count). The van der Waals surface area contributed by atoms with E-state index < -0.39 is 16.0 Å². The van der Waals surface area contributed by atoms with Crippen LogP contribution >= 0.6 is 11.6 Å². The summed E-state index contributed by atoms with van der Waals surface area (Å²) in [5.41, 5.74) is 0.955. The molecule has 0 aliphatic rings. The Labute approximate surface area is 52.2 Å². The molecule has 0 unspecified atom stereocenters. The third-order valence-corrected chi connectivity index (χ3v) is 1.15. The average molecular weight is 159 g/mol. The minimum Gasteiger partial charge on any atom is -0.195 e. The van der Waals surface area contributed by atoms with Gasteiger partial charge in [-0.3, -0.25) is 0 Å². The van der Waals surface area contributed by atoms with Crippen LogP contribution in [-0.2, 0) is 10.2 Å². The molecule has 0 atom stereocenters. The summed E-state index contributed by atoms with van der Waals surface area (Å²) in [5, 5.41) is 0. The molecule has 2 nitrogen and oxygen atoms in total. The van der Waals surface area contributed by atoms with Crippen LogP contribution in [0.5, 0.6) is 0 Å². The van der Waals surface area contributed by atoms with Gasteiger partial charge in [0.1, 0.15) is 0 Å². The molecule has 8 heavy (non-hydrogen) atoms. The third kappa shape index (κ3) is 5.91. The summed E-state index contributed by atoms with van der Waals surface area (Å²) in [7, 11) is -4.36. The highest BCUT2D eigenvalue weighted by molar-refractivity contribution is 7.86. The van der Waals surface area contributed by atoms with E-state index in [0.29, 0.717) is 0 Å². The van der Waals surface area contributed by atoms with Crippen molar-refractivity contribution in [2.45, 2.75) is 0 Å². The zero-order valence-corrected chi connectivity index (χ0v) is 5.41. The molecule has 0 aromatic heterocycles. The Morgan fingerprint density at radius 3 is 2.25 bits per heavy atom. The third-order valence-electron chi connectivity index (χ3n) is 0.384. The molecule has 0 spiro atoms. The van der Waals surface area contributed by atoms with E-state index in [1.54, 1.807) is 0 Å². The van der Waals surface area contributed by atoms with Crippen molar-refractivity contribution in [1.29, 1.82) is 0 Å². The molecule has 0 aromatic rings. The van der Waals surface area contributed by atoms with E-state index in [-0.39, 0.29) is 0 Å². The van der Waals surface area contributed by atoms with Gasteiger partial charge in [-0.05, 0) is 0 Å². The molecular formula is C3H4ClFO2S. The highest BCUT2D eigenvalue weighted by Gasteiger charge is 2.00. The fraction of sp³-hybridized carbons (Fsp3) is 0.333. The van der Waals surface area contributed by atoms with Crippen molar-refractivity contribution in [1.82, 2.24) is 0 Å². The molecule has 0 aliphatic heterocycles. The van der Waals surface area contributed by atoms with Crippen molar-refractivity contribution in [3.8, 4) is 0 Å². The maximum absolute atomic E-state index is 11.4. The molecule has 0 bridgehead atoms. The van der Waals surface area contributed by atoms with Gasteiger partial charge in [0.05, 0.1) is 5.75 Å². The van der Waals surface area contributed by atoms with E-state index in [9.17, 15) is 12.3 Å². The van der Waals surface area contributed by atoms with Crippen LogP contribution in [0.1, 0.15) is 0 Å². The molecule has 0 aliphatic carbocycles. The molecule has 0 radical (unpaired) electrons. The first-order valence-electron chi connectivity index (χ1n) is 1.74. The van der Waals surface area contributed by atoms with Gasteiger partial charge in [0.2, 0.25) is 0 Å².